The highest BCUT2D eigenvalue weighted by molar-refractivity contribution is 7.99. The first-order valence-corrected chi connectivity index (χ1v) is 9.41. The van der Waals surface area contributed by atoms with Crippen molar-refractivity contribution in [2.75, 3.05) is 19.4 Å². The number of thioether (sulfide) groups is 1. The summed E-state index contributed by atoms with van der Waals surface area (Å²) >= 11 is 1.82. The molecule has 25 heavy (non-hydrogen) atoms. The molecule has 1 fully saturated rings. The van der Waals surface area contributed by atoms with Gasteiger partial charge in [-0.1, -0.05) is 30.3 Å². The number of H-pyrrole nitrogens is 1. The Morgan fingerprint density at radius 2 is 2.04 bits per heavy atom. The van der Waals surface area contributed by atoms with Crippen LogP contribution >= 0.6 is 11.8 Å². The molecule has 0 saturated carbocycles. The summed E-state index contributed by atoms with van der Waals surface area (Å²) < 4.78 is 5.23. The highest BCUT2D eigenvalue weighted by Gasteiger charge is 2.30. The van der Waals surface area contributed by atoms with E-state index in [1.54, 1.807) is 7.11 Å². The predicted molar refractivity (Wildman–Crippen MR) is 102 cm³/mol. The van der Waals surface area contributed by atoms with Gasteiger partial charge in [0.05, 0.1) is 13.5 Å². The van der Waals surface area contributed by atoms with Crippen molar-refractivity contribution in [3.63, 3.8) is 0 Å². The van der Waals surface area contributed by atoms with Gasteiger partial charge in [-0.3, -0.25) is 4.79 Å². The lowest BCUT2D eigenvalue weighted by Crippen LogP contribution is -2.31. The van der Waals surface area contributed by atoms with Crippen LogP contribution in [-0.2, 0) is 11.2 Å². The Bertz CT molecular complexity index is 888. The lowest BCUT2D eigenvalue weighted by Gasteiger charge is -2.24. The molecule has 2 heterocycles. The molecule has 1 saturated heterocycles. The lowest BCUT2D eigenvalue weighted by atomic mass is 10.1. The number of nitrogens with one attached hydrogen (secondary N) is 1. The second kappa shape index (κ2) is 6.84. The summed E-state index contributed by atoms with van der Waals surface area (Å²) in [7, 11) is 1.66. The summed E-state index contributed by atoms with van der Waals surface area (Å²) in [6.45, 7) is 0.794. The summed E-state index contributed by atoms with van der Waals surface area (Å²) in [6.07, 6.45) is 2.38. The van der Waals surface area contributed by atoms with Crippen molar-refractivity contribution in [1.82, 2.24) is 9.88 Å². The standard InChI is InChI=1S/C20H20N2O2S/c1-24-16-8-6-14(7-9-16)20-22(10-11-25-20)19(23)12-15-13-21-18-5-3-2-4-17(15)18/h2-9,13,20-21H,10-12H2,1H3. The highest BCUT2D eigenvalue weighted by Crippen LogP contribution is 2.38. The number of carbonyl (C=O) groups is 1. The number of benzene rings is 2. The van der Waals surface area contributed by atoms with E-state index in [1.165, 1.54) is 0 Å². The van der Waals surface area contributed by atoms with E-state index in [0.29, 0.717) is 6.42 Å². The zero-order valence-corrected chi connectivity index (χ0v) is 14.9. The van der Waals surface area contributed by atoms with Gasteiger partial charge in [0.25, 0.3) is 0 Å². The maximum atomic E-state index is 12.9. The van der Waals surface area contributed by atoms with Gasteiger partial charge in [0.2, 0.25) is 5.91 Å². The van der Waals surface area contributed by atoms with Gasteiger partial charge in [0, 0.05) is 29.4 Å². The third-order valence-corrected chi connectivity index (χ3v) is 5.89. The van der Waals surface area contributed by atoms with Crippen LogP contribution in [0.4, 0.5) is 0 Å². The fourth-order valence-electron chi connectivity index (χ4n) is 3.31. The molecule has 1 unspecified atom stereocenters. The first kappa shape index (κ1) is 16.1. The molecule has 2 aromatic carbocycles. The van der Waals surface area contributed by atoms with Crippen LogP contribution in [0, 0.1) is 0 Å². The summed E-state index contributed by atoms with van der Waals surface area (Å²) in [5.41, 5.74) is 3.29. The number of ether oxygens (including phenoxy) is 1. The molecule has 1 atom stereocenters. The Labute approximate surface area is 151 Å². The molecule has 5 heteroatoms. The number of aromatic nitrogens is 1. The van der Waals surface area contributed by atoms with Crippen molar-refractivity contribution in [1.29, 1.82) is 0 Å². The van der Waals surface area contributed by atoms with Gasteiger partial charge in [-0.05, 0) is 29.3 Å². The normalized spacial score (nSPS) is 17.2. The van der Waals surface area contributed by atoms with Crippen molar-refractivity contribution < 1.29 is 9.53 Å². The number of para-hydroxylation sites is 1. The molecule has 1 aliphatic heterocycles. The molecule has 1 aromatic heterocycles. The van der Waals surface area contributed by atoms with Gasteiger partial charge >= 0.3 is 0 Å². The second-order valence-electron chi connectivity index (χ2n) is 6.12. The van der Waals surface area contributed by atoms with Crippen molar-refractivity contribution >= 4 is 28.6 Å². The largest absolute Gasteiger partial charge is 0.497 e. The average molecular weight is 352 g/mol. The third kappa shape index (κ3) is 3.12. The van der Waals surface area contributed by atoms with Gasteiger partial charge in [-0.2, -0.15) is 0 Å². The Morgan fingerprint density at radius 1 is 1.24 bits per heavy atom. The van der Waals surface area contributed by atoms with Gasteiger partial charge in [0.1, 0.15) is 11.1 Å². The van der Waals surface area contributed by atoms with Crippen molar-refractivity contribution in [2.24, 2.45) is 0 Å². The molecule has 4 nitrogen and oxygen atoms in total. The minimum atomic E-state index is 0.0867. The van der Waals surface area contributed by atoms with E-state index in [2.05, 4.69) is 11.1 Å². The Hall–Kier alpha value is -2.40. The Balaban J connectivity index is 1.54. The van der Waals surface area contributed by atoms with Crippen LogP contribution in [0.1, 0.15) is 16.5 Å². The number of fused-ring (bicyclic) bond motifs is 1. The van der Waals surface area contributed by atoms with Crippen molar-refractivity contribution in [3.8, 4) is 5.75 Å². The molecule has 4 rings (SSSR count). The number of aromatic amines is 1. The van der Waals surface area contributed by atoms with Gasteiger partial charge in [-0.25, -0.2) is 0 Å². The van der Waals surface area contributed by atoms with E-state index in [0.717, 1.165) is 40.1 Å². The van der Waals surface area contributed by atoms with Crippen molar-refractivity contribution in [2.45, 2.75) is 11.8 Å². The van der Waals surface area contributed by atoms with Crippen LogP contribution in [0.5, 0.6) is 5.75 Å². The summed E-state index contributed by atoms with van der Waals surface area (Å²) in [6, 6.07) is 16.1. The molecule has 128 valence electrons. The number of amides is 1. The maximum Gasteiger partial charge on any atom is 0.228 e. The maximum absolute atomic E-state index is 12.9. The van der Waals surface area contributed by atoms with Crippen LogP contribution in [0.15, 0.2) is 54.7 Å². The summed E-state index contributed by atoms with van der Waals surface area (Å²) in [5.74, 6) is 1.98. The first-order chi connectivity index (χ1) is 12.3. The number of carbonyl (C=O) groups excluding carboxylic acids is 1. The second-order valence-corrected chi connectivity index (χ2v) is 7.31. The fraction of sp³-hybridized carbons (Fsp3) is 0.250. The topological polar surface area (TPSA) is 45.3 Å². The summed E-state index contributed by atoms with van der Waals surface area (Å²) in [4.78, 5) is 18.2. The SMILES string of the molecule is COc1ccc(C2SCCN2C(=O)Cc2c[nH]c3ccccc23)cc1. The zero-order valence-electron chi connectivity index (χ0n) is 14.1. The Kier molecular flexibility index (Phi) is 4.40. The monoisotopic (exact) mass is 352 g/mol. The quantitative estimate of drug-likeness (QED) is 0.772. The van der Waals surface area contributed by atoms with E-state index in [9.17, 15) is 4.79 Å². The van der Waals surface area contributed by atoms with E-state index >= 15 is 0 Å². The lowest BCUT2D eigenvalue weighted by molar-refractivity contribution is -0.130. The smallest absolute Gasteiger partial charge is 0.228 e. The van der Waals surface area contributed by atoms with Crippen molar-refractivity contribution in [3.05, 3.63) is 65.9 Å². The molecular formula is C20H20N2O2S. The minimum Gasteiger partial charge on any atom is -0.497 e. The van der Waals surface area contributed by atoms with Crippen LogP contribution in [0.2, 0.25) is 0 Å². The summed E-state index contributed by atoms with van der Waals surface area (Å²) in [5, 5.41) is 1.22. The molecule has 1 amide bonds. The number of nitrogens with zero attached hydrogens (tertiary/aromatic N) is 1. The molecule has 1 aliphatic rings. The molecule has 0 aliphatic carbocycles. The van der Waals surface area contributed by atoms with Gasteiger partial charge in [0.15, 0.2) is 0 Å². The van der Waals surface area contributed by atoms with Crippen LogP contribution in [-0.4, -0.2) is 35.2 Å². The molecule has 3 aromatic rings. The average Bonchev–Trinajstić information content (AvgIpc) is 3.29. The number of methoxy groups -OCH3 is 1. The molecule has 0 radical (unpaired) electrons. The molecule has 0 spiro atoms. The highest BCUT2D eigenvalue weighted by atomic mass is 32.2. The molecule has 0 bridgehead atoms. The van der Waals surface area contributed by atoms with Crippen LogP contribution in [0.25, 0.3) is 10.9 Å². The number of hydrogen-bond donors (Lipinski definition) is 1. The first-order valence-electron chi connectivity index (χ1n) is 8.36. The number of rotatable bonds is 4. The fourth-order valence-corrected chi connectivity index (χ4v) is 4.59. The third-order valence-electron chi connectivity index (χ3n) is 4.63. The zero-order chi connectivity index (χ0) is 17.2. The van der Waals surface area contributed by atoms with E-state index in [-0.39, 0.29) is 11.3 Å². The minimum absolute atomic E-state index is 0.0867. The van der Waals surface area contributed by atoms with Crippen LogP contribution in [0.3, 0.4) is 0 Å². The van der Waals surface area contributed by atoms with Gasteiger partial charge in [-0.15, -0.1) is 11.8 Å². The van der Waals surface area contributed by atoms with E-state index in [4.69, 9.17) is 4.74 Å². The predicted octanol–water partition coefficient (Wildman–Crippen LogP) is 3.99. The molecular weight excluding hydrogens is 332 g/mol. The van der Waals surface area contributed by atoms with Gasteiger partial charge < -0.3 is 14.6 Å². The Morgan fingerprint density at radius 3 is 2.84 bits per heavy atom. The van der Waals surface area contributed by atoms with E-state index < -0.39 is 0 Å². The molecule has 1 N–H and O–H groups in total. The van der Waals surface area contributed by atoms with Crippen LogP contribution < -0.4 is 4.74 Å². The number of hydrogen-bond acceptors (Lipinski definition) is 3. The van der Waals surface area contributed by atoms with E-state index in [1.807, 2.05) is 65.3 Å².